The van der Waals surface area contributed by atoms with Gasteiger partial charge in [-0.15, -0.1) is 0 Å². The Balaban J connectivity index is 2.59. The summed E-state index contributed by atoms with van der Waals surface area (Å²) in [5.74, 6) is -0.623. The molecule has 0 aromatic carbocycles. The minimum Gasteiger partial charge on any atom is -0.469 e. The molecular formula is C13H23NO4. The summed E-state index contributed by atoms with van der Waals surface area (Å²) in [6.45, 7) is 5.42. The Labute approximate surface area is 108 Å². The molecule has 18 heavy (non-hydrogen) atoms. The lowest BCUT2D eigenvalue weighted by molar-refractivity contribution is -0.153. The van der Waals surface area contributed by atoms with E-state index in [1.165, 1.54) is 7.11 Å². The summed E-state index contributed by atoms with van der Waals surface area (Å²) in [5, 5.41) is 0. The molecule has 0 unspecified atom stereocenters. The molecule has 0 radical (unpaired) electrons. The van der Waals surface area contributed by atoms with Crippen LogP contribution >= 0.6 is 0 Å². The van der Waals surface area contributed by atoms with Crippen LogP contribution in [0.5, 0.6) is 0 Å². The second-order valence-corrected chi connectivity index (χ2v) is 4.68. The van der Waals surface area contributed by atoms with Gasteiger partial charge in [0.2, 0.25) is 0 Å². The zero-order valence-electron chi connectivity index (χ0n) is 11.5. The predicted octanol–water partition coefficient (Wildman–Crippen LogP) is 1.21. The van der Waals surface area contributed by atoms with E-state index < -0.39 is 0 Å². The lowest BCUT2D eigenvalue weighted by Crippen LogP contribution is -2.48. The first-order valence-corrected chi connectivity index (χ1v) is 6.58. The van der Waals surface area contributed by atoms with Crippen LogP contribution in [-0.2, 0) is 19.1 Å². The van der Waals surface area contributed by atoms with E-state index in [9.17, 15) is 9.59 Å². The topological polar surface area (TPSA) is 55.8 Å². The molecule has 0 amide bonds. The third-order valence-corrected chi connectivity index (χ3v) is 3.28. The van der Waals surface area contributed by atoms with Gasteiger partial charge >= 0.3 is 11.9 Å². The first-order chi connectivity index (χ1) is 8.60. The Hall–Kier alpha value is -1.10. The number of piperidine rings is 1. The standard InChI is InChI=1S/C13H23NO4/c1-4-18-13(16)11-7-5-6-8-14(11)9-10(2)12(15)17-3/h10-11H,4-9H2,1-3H3/t10-,11-/m1/s1. The second kappa shape index (κ2) is 7.36. The van der Waals surface area contributed by atoms with Crippen molar-refractivity contribution >= 4 is 11.9 Å². The molecule has 0 aromatic rings. The number of hydrogen-bond donors (Lipinski definition) is 0. The molecule has 2 atom stereocenters. The zero-order chi connectivity index (χ0) is 13.5. The van der Waals surface area contributed by atoms with Gasteiger partial charge in [0.1, 0.15) is 6.04 Å². The van der Waals surface area contributed by atoms with Crippen molar-refractivity contribution in [3.8, 4) is 0 Å². The summed E-state index contributed by atoms with van der Waals surface area (Å²) in [6.07, 6.45) is 2.91. The fourth-order valence-corrected chi connectivity index (χ4v) is 2.34. The molecule has 0 aromatic heterocycles. The Morgan fingerprint density at radius 2 is 2.11 bits per heavy atom. The Morgan fingerprint density at radius 3 is 2.72 bits per heavy atom. The number of hydrogen-bond acceptors (Lipinski definition) is 5. The third kappa shape index (κ3) is 3.98. The highest BCUT2D eigenvalue weighted by Gasteiger charge is 2.31. The van der Waals surface area contributed by atoms with E-state index in [0.29, 0.717) is 13.2 Å². The molecule has 1 aliphatic heterocycles. The maximum absolute atomic E-state index is 11.8. The number of methoxy groups -OCH3 is 1. The summed E-state index contributed by atoms with van der Waals surface area (Å²) in [7, 11) is 1.39. The average Bonchev–Trinajstić information content (AvgIpc) is 2.38. The molecule has 1 rings (SSSR count). The van der Waals surface area contributed by atoms with Crippen molar-refractivity contribution in [2.45, 2.75) is 39.2 Å². The Kier molecular flexibility index (Phi) is 6.12. The largest absolute Gasteiger partial charge is 0.469 e. The molecule has 0 aliphatic carbocycles. The minimum atomic E-state index is -0.233. The fraction of sp³-hybridized carbons (Fsp3) is 0.846. The van der Waals surface area contributed by atoms with Gasteiger partial charge in [0.05, 0.1) is 19.6 Å². The summed E-state index contributed by atoms with van der Waals surface area (Å²) in [5.41, 5.74) is 0. The molecule has 0 bridgehead atoms. The predicted molar refractivity (Wildman–Crippen MR) is 67.0 cm³/mol. The van der Waals surface area contributed by atoms with Crippen LogP contribution in [-0.4, -0.2) is 49.7 Å². The SMILES string of the molecule is CCOC(=O)[C@H]1CCCCN1C[C@@H](C)C(=O)OC. The maximum atomic E-state index is 11.8. The number of esters is 2. The van der Waals surface area contributed by atoms with Gasteiger partial charge in [-0.25, -0.2) is 0 Å². The van der Waals surface area contributed by atoms with Crippen LogP contribution in [0.2, 0.25) is 0 Å². The number of carbonyl (C=O) groups excluding carboxylic acids is 2. The normalized spacial score (nSPS) is 22.3. The highest BCUT2D eigenvalue weighted by molar-refractivity contribution is 5.76. The van der Waals surface area contributed by atoms with Gasteiger partial charge in [-0.1, -0.05) is 13.3 Å². The van der Waals surface area contributed by atoms with Gasteiger partial charge < -0.3 is 9.47 Å². The van der Waals surface area contributed by atoms with Crippen LogP contribution < -0.4 is 0 Å². The van der Waals surface area contributed by atoms with E-state index in [4.69, 9.17) is 9.47 Å². The van der Waals surface area contributed by atoms with Gasteiger partial charge in [-0.3, -0.25) is 14.5 Å². The zero-order valence-corrected chi connectivity index (χ0v) is 11.5. The highest BCUT2D eigenvalue weighted by atomic mass is 16.5. The van der Waals surface area contributed by atoms with Crippen molar-refractivity contribution in [2.75, 3.05) is 26.8 Å². The first-order valence-electron chi connectivity index (χ1n) is 6.58. The molecular weight excluding hydrogens is 234 g/mol. The molecule has 5 nitrogen and oxygen atoms in total. The first kappa shape index (κ1) is 15.0. The molecule has 0 N–H and O–H groups in total. The monoisotopic (exact) mass is 257 g/mol. The van der Waals surface area contributed by atoms with Crippen LogP contribution in [0.3, 0.4) is 0 Å². The summed E-state index contributed by atoms with van der Waals surface area (Å²) in [6, 6.07) is -0.203. The van der Waals surface area contributed by atoms with Gasteiger partial charge in [0.25, 0.3) is 0 Å². The van der Waals surface area contributed by atoms with Gasteiger partial charge in [0.15, 0.2) is 0 Å². The summed E-state index contributed by atoms with van der Waals surface area (Å²) < 4.78 is 9.80. The lowest BCUT2D eigenvalue weighted by Gasteiger charge is -2.35. The molecule has 1 fully saturated rings. The van der Waals surface area contributed by atoms with Crippen molar-refractivity contribution in [3.63, 3.8) is 0 Å². The van der Waals surface area contributed by atoms with Crippen molar-refractivity contribution < 1.29 is 19.1 Å². The van der Waals surface area contributed by atoms with E-state index in [-0.39, 0.29) is 23.9 Å². The second-order valence-electron chi connectivity index (χ2n) is 4.68. The number of rotatable bonds is 5. The van der Waals surface area contributed by atoms with Crippen LogP contribution in [0, 0.1) is 5.92 Å². The smallest absolute Gasteiger partial charge is 0.323 e. The third-order valence-electron chi connectivity index (χ3n) is 3.28. The van der Waals surface area contributed by atoms with Gasteiger partial charge in [0, 0.05) is 6.54 Å². The fourth-order valence-electron chi connectivity index (χ4n) is 2.34. The number of nitrogens with zero attached hydrogens (tertiary/aromatic N) is 1. The minimum absolute atomic E-state index is 0.172. The molecule has 0 spiro atoms. The molecule has 1 aliphatic rings. The Bertz CT molecular complexity index is 293. The van der Waals surface area contributed by atoms with Crippen LogP contribution in [0.25, 0.3) is 0 Å². The van der Waals surface area contributed by atoms with E-state index in [1.54, 1.807) is 0 Å². The molecule has 1 saturated heterocycles. The van der Waals surface area contributed by atoms with E-state index in [2.05, 4.69) is 0 Å². The highest BCUT2D eigenvalue weighted by Crippen LogP contribution is 2.19. The number of ether oxygens (including phenoxy) is 2. The van der Waals surface area contributed by atoms with Crippen molar-refractivity contribution in [1.82, 2.24) is 4.90 Å². The van der Waals surface area contributed by atoms with Gasteiger partial charge in [-0.2, -0.15) is 0 Å². The molecule has 1 heterocycles. The number of likely N-dealkylation sites (tertiary alicyclic amines) is 1. The lowest BCUT2D eigenvalue weighted by atomic mass is 10.00. The van der Waals surface area contributed by atoms with Crippen LogP contribution in [0.4, 0.5) is 0 Å². The van der Waals surface area contributed by atoms with Crippen molar-refractivity contribution in [2.24, 2.45) is 5.92 Å². The summed E-state index contributed by atoms with van der Waals surface area (Å²) in [4.78, 5) is 25.3. The van der Waals surface area contributed by atoms with E-state index in [0.717, 1.165) is 25.8 Å². The maximum Gasteiger partial charge on any atom is 0.323 e. The summed E-state index contributed by atoms with van der Waals surface area (Å²) >= 11 is 0. The molecule has 0 saturated carbocycles. The average molecular weight is 257 g/mol. The molecule has 5 heteroatoms. The quantitative estimate of drug-likeness (QED) is 0.693. The van der Waals surface area contributed by atoms with Crippen molar-refractivity contribution in [3.05, 3.63) is 0 Å². The van der Waals surface area contributed by atoms with Crippen LogP contribution in [0.15, 0.2) is 0 Å². The van der Waals surface area contributed by atoms with Crippen LogP contribution in [0.1, 0.15) is 33.1 Å². The van der Waals surface area contributed by atoms with Gasteiger partial charge in [-0.05, 0) is 26.3 Å². The van der Waals surface area contributed by atoms with E-state index in [1.807, 2.05) is 18.7 Å². The Morgan fingerprint density at radius 1 is 1.39 bits per heavy atom. The molecule has 104 valence electrons. The van der Waals surface area contributed by atoms with Crippen molar-refractivity contribution in [1.29, 1.82) is 0 Å². The van der Waals surface area contributed by atoms with E-state index >= 15 is 0 Å². The number of carbonyl (C=O) groups is 2.